The van der Waals surface area contributed by atoms with E-state index in [1.165, 1.54) is 6.07 Å². The number of aliphatic hydroxyl groups is 1. The summed E-state index contributed by atoms with van der Waals surface area (Å²) in [6, 6.07) is 9.11. The van der Waals surface area contributed by atoms with Gasteiger partial charge in [-0.25, -0.2) is 4.39 Å². The predicted octanol–water partition coefficient (Wildman–Crippen LogP) is 4.38. The average molecular weight is 455 g/mol. The Balaban J connectivity index is 1.40. The van der Waals surface area contributed by atoms with Crippen LogP contribution < -0.4 is 19.7 Å². The van der Waals surface area contributed by atoms with Gasteiger partial charge in [0.25, 0.3) is 0 Å². The fourth-order valence-electron chi connectivity index (χ4n) is 5.12. The molecule has 0 spiro atoms. The minimum atomic E-state index is -0.659. The predicted molar refractivity (Wildman–Crippen MR) is 125 cm³/mol. The highest BCUT2D eigenvalue weighted by molar-refractivity contribution is 6.01. The molecule has 0 saturated heterocycles. The van der Waals surface area contributed by atoms with Crippen LogP contribution in [0.2, 0.25) is 0 Å². The van der Waals surface area contributed by atoms with Gasteiger partial charge in [0.2, 0.25) is 12.7 Å². The van der Waals surface area contributed by atoms with E-state index in [1.54, 1.807) is 6.07 Å². The van der Waals surface area contributed by atoms with Gasteiger partial charge in [-0.15, -0.1) is 0 Å². The van der Waals surface area contributed by atoms with E-state index in [2.05, 4.69) is 31.0 Å². The normalized spacial score (nSPS) is 20.0. The number of halogens is 1. The van der Waals surface area contributed by atoms with Crippen LogP contribution in [-0.4, -0.2) is 37.0 Å². The second-order valence-electron chi connectivity index (χ2n) is 10.4. The molecule has 1 amide bonds. The minimum absolute atomic E-state index is 0.00815. The number of anilines is 2. The number of hydrogen-bond donors (Lipinski definition) is 2. The average Bonchev–Trinajstić information content (AvgIpc) is 3.31. The number of ether oxygens (including phenoxy) is 2. The first-order valence-electron chi connectivity index (χ1n) is 11.6. The van der Waals surface area contributed by atoms with E-state index in [0.717, 1.165) is 23.2 Å². The van der Waals surface area contributed by atoms with Crippen LogP contribution in [0.1, 0.15) is 51.2 Å². The summed E-state index contributed by atoms with van der Waals surface area (Å²) < 4.78 is 26.0. The number of carbonyl (C=O) groups is 1. The third-order valence-electron chi connectivity index (χ3n) is 7.18. The standard InChI is InChI=1S/C26H31FN2O4/c1-25(2,3)23-12-16-11-19(18(27)14-20(16)29(23)9-4-10-30)28-24(31)26(7-8-26)17-5-6-21-22(13-17)33-15-32-21/h5-6,11,13-14,23,30H,4,7-10,12,15H2,1-3H3,(H,28,31). The lowest BCUT2D eigenvalue weighted by molar-refractivity contribution is -0.118. The second-order valence-corrected chi connectivity index (χ2v) is 10.4. The van der Waals surface area contributed by atoms with Crippen molar-refractivity contribution in [2.45, 2.75) is 57.9 Å². The first kappa shape index (κ1) is 22.0. The summed E-state index contributed by atoms with van der Waals surface area (Å²) in [7, 11) is 0. The molecule has 2 N–H and O–H groups in total. The monoisotopic (exact) mass is 454 g/mol. The highest BCUT2D eigenvalue weighted by atomic mass is 19.1. The summed E-state index contributed by atoms with van der Waals surface area (Å²) in [5, 5.41) is 12.2. The molecular weight excluding hydrogens is 423 g/mol. The molecule has 1 fully saturated rings. The molecule has 6 nitrogen and oxygen atoms in total. The van der Waals surface area contributed by atoms with Gasteiger partial charge in [-0.05, 0) is 66.5 Å². The van der Waals surface area contributed by atoms with Crippen molar-refractivity contribution in [2.24, 2.45) is 5.41 Å². The molecule has 1 aliphatic carbocycles. The van der Waals surface area contributed by atoms with Gasteiger partial charge in [0.1, 0.15) is 5.82 Å². The zero-order valence-corrected chi connectivity index (χ0v) is 19.4. The van der Waals surface area contributed by atoms with Crippen LogP contribution >= 0.6 is 0 Å². The third kappa shape index (κ3) is 3.82. The number of benzene rings is 2. The summed E-state index contributed by atoms with van der Waals surface area (Å²) >= 11 is 0. The number of rotatable bonds is 6. The number of amides is 1. The summed E-state index contributed by atoms with van der Waals surface area (Å²) in [5.74, 6) is 0.695. The first-order chi connectivity index (χ1) is 15.7. The van der Waals surface area contributed by atoms with E-state index in [0.29, 0.717) is 37.3 Å². The third-order valence-corrected chi connectivity index (χ3v) is 7.18. The molecule has 2 heterocycles. The maximum absolute atomic E-state index is 15.2. The van der Waals surface area contributed by atoms with Crippen LogP contribution in [0.15, 0.2) is 30.3 Å². The van der Waals surface area contributed by atoms with Gasteiger partial charge >= 0.3 is 0 Å². The number of hydrogen-bond acceptors (Lipinski definition) is 5. The van der Waals surface area contributed by atoms with E-state index in [1.807, 2.05) is 18.2 Å². The van der Waals surface area contributed by atoms with Gasteiger partial charge in [-0.3, -0.25) is 4.79 Å². The SMILES string of the molecule is CC(C)(C)C1Cc2cc(NC(=O)C3(c4ccc5c(c4)OCO5)CC3)c(F)cc2N1CCCO. The van der Waals surface area contributed by atoms with E-state index in [4.69, 9.17) is 9.47 Å². The lowest BCUT2D eigenvalue weighted by atomic mass is 9.84. The second kappa shape index (κ2) is 7.90. The Labute approximate surface area is 193 Å². The zero-order valence-electron chi connectivity index (χ0n) is 19.4. The van der Waals surface area contributed by atoms with Crippen LogP contribution in [0.4, 0.5) is 15.8 Å². The van der Waals surface area contributed by atoms with Gasteiger partial charge in [0.05, 0.1) is 11.1 Å². The van der Waals surface area contributed by atoms with Crippen molar-refractivity contribution in [2.75, 3.05) is 30.2 Å². The van der Waals surface area contributed by atoms with Crippen molar-refractivity contribution in [1.82, 2.24) is 0 Å². The maximum atomic E-state index is 15.2. The number of nitrogens with zero attached hydrogens (tertiary/aromatic N) is 1. The lowest BCUT2D eigenvalue weighted by Crippen LogP contribution is -2.42. The maximum Gasteiger partial charge on any atom is 0.235 e. The molecule has 1 atom stereocenters. The summed E-state index contributed by atoms with van der Waals surface area (Å²) in [5.41, 5.74) is 2.31. The Hall–Kier alpha value is -2.80. The highest BCUT2D eigenvalue weighted by Crippen LogP contribution is 2.51. The van der Waals surface area contributed by atoms with Crippen molar-refractivity contribution in [3.8, 4) is 11.5 Å². The summed E-state index contributed by atoms with van der Waals surface area (Å²) in [6.07, 6.45) is 2.84. The fraction of sp³-hybridized carbons (Fsp3) is 0.500. The zero-order chi connectivity index (χ0) is 23.4. The quantitative estimate of drug-likeness (QED) is 0.678. The van der Waals surface area contributed by atoms with Gasteiger partial charge in [-0.1, -0.05) is 26.8 Å². The molecule has 7 heteroatoms. The number of carbonyl (C=O) groups excluding carboxylic acids is 1. The van der Waals surface area contributed by atoms with Gasteiger partial charge in [0.15, 0.2) is 11.5 Å². The van der Waals surface area contributed by atoms with Gasteiger partial charge in [0, 0.05) is 24.9 Å². The Morgan fingerprint density at radius 2 is 1.97 bits per heavy atom. The summed E-state index contributed by atoms with van der Waals surface area (Å²) in [4.78, 5) is 15.5. The van der Waals surface area contributed by atoms with Crippen LogP contribution in [0.5, 0.6) is 11.5 Å². The Morgan fingerprint density at radius 3 is 2.67 bits per heavy atom. The minimum Gasteiger partial charge on any atom is -0.454 e. The van der Waals surface area contributed by atoms with E-state index in [-0.39, 0.29) is 36.5 Å². The van der Waals surface area contributed by atoms with Crippen molar-refractivity contribution in [3.63, 3.8) is 0 Å². The largest absolute Gasteiger partial charge is 0.454 e. The molecule has 3 aliphatic rings. The lowest BCUT2D eigenvalue weighted by Gasteiger charge is -2.37. The van der Waals surface area contributed by atoms with Gasteiger partial charge < -0.3 is 24.8 Å². The molecule has 1 unspecified atom stereocenters. The van der Waals surface area contributed by atoms with Crippen LogP contribution in [0, 0.1) is 11.2 Å². The molecule has 0 aromatic heterocycles. The van der Waals surface area contributed by atoms with Crippen molar-refractivity contribution in [1.29, 1.82) is 0 Å². The molecule has 2 aromatic carbocycles. The van der Waals surface area contributed by atoms with E-state index < -0.39 is 11.2 Å². The molecule has 2 aliphatic heterocycles. The number of fused-ring (bicyclic) bond motifs is 2. The van der Waals surface area contributed by atoms with Crippen LogP contribution in [0.3, 0.4) is 0 Å². The smallest absolute Gasteiger partial charge is 0.235 e. The van der Waals surface area contributed by atoms with Crippen molar-refractivity contribution < 1.29 is 23.8 Å². The summed E-state index contributed by atoms with van der Waals surface area (Å²) in [6.45, 7) is 7.48. The first-order valence-corrected chi connectivity index (χ1v) is 11.6. The van der Waals surface area contributed by atoms with Gasteiger partial charge in [-0.2, -0.15) is 0 Å². The molecule has 1 saturated carbocycles. The van der Waals surface area contributed by atoms with Crippen LogP contribution in [0.25, 0.3) is 0 Å². The number of aliphatic hydroxyl groups excluding tert-OH is 1. The molecule has 5 rings (SSSR count). The van der Waals surface area contributed by atoms with E-state index in [9.17, 15) is 9.90 Å². The molecule has 2 aromatic rings. The Kier molecular flexibility index (Phi) is 5.27. The Bertz CT molecular complexity index is 1090. The van der Waals surface area contributed by atoms with Crippen LogP contribution in [-0.2, 0) is 16.6 Å². The fourth-order valence-corrected chi connectivity index (χ4v) is 5.12. The van der Waals surface area contributed by atoms with Crippen molar-refractivity contribution in [3.05, 3.63) is 47.3 Å². The molecule has 176 valence electrons. The van der Waals surface area contributed by atoms with E-state index >= 15 is 4.39 Å². The highest BCUT2D eigenvalue weighted by Gasteiger charge is 2.52. The molecular formula is C26H31FN2O4. The topological polar surface area (TPSA) is 71.0 Å². The molecule has 0 bridgehead atoms. The Morgan fingerprint density at radius 1 is 1.21 bits per heavy atom. The van der Waals surface area contributed by atoms with Crippen molar-refractivity contribution >= 4 is 17.3 Å². The molecule has 0 radical (unpaired) electrons. The molecule has 33 heavy (non-hydrogen) atoms. The number of nitrogens with one attached hydrogen (secondary N) is 1.